The first-order valence-corrected chi connectivity index (χ1v) is 11.4. The summed E-state index contributed by atoms with van der Waals surface area (Å²) in [4.78, 5) is 40.8. The lowest BCUT2D eigenvalue weighted by molar-refractivity contribution is -0.133. The molecule has 176 valence electrons. The summed E-state index contributed by atoms with van der Waals surface area (Å²) in [7, 11) is 0. The van der Waals surface area contributed by atoms with E-state index in [1.54, 1.807) is 18.7 Å². The van der Waals surface area contributed by atoms with Crippen molar-refractivity contribution >= 4 is 17.8 Å². The topological polar surface area (TPSA) is 93.5 Å². The van der Waals surface area contributed by atoms with Crippen molar-refractivity contribution in [2.45, 2.75) is 38.9 Å². The number of rotatable bonds is 8. The standard InChI is InChI=1S/C26H28N4O4/c1-3-34-24(32)21-16-22-23(31)29(15-14-19-10-6-4-7-11-19)26(2,18-30(22)28-21)25(33)27-17-20-12-8-5-9-13-20/h4-13,16H,3,14-15,17-18H2,1-2H3,(H,27,33)/t26-/m0/s1. The summed E-state index contributed by atoms with van der Waals surface area (Å²) in [6.07, 6.45) is 0.590. The fourth-order valence-electron chi connectivity index (χ4n) is 4.15. The predicted octanol–water partition coefficient (Wildman–Crippen LogP) is 2.83. The van der Waals surface area contributed by atoms with Gasteiger partial charge in [-0.2, -0.15) is 5.10 Å². The molecule has 0 radical (unpaired) electrons. The van der Waals surface area contributed by atoms with Crippen LogP contribution in [0.2, 0.25) is 0 Å². The van der Waals surface area contributed by atoms with E-state index in [-0.39, 0.29) is 36.4 Å². The van der Waals surface area contributed by atoms with E-state index in [0.717, 1.165) is 11.1 Å². The fourth-order valence-corrected chi connectivity index (χ4v) is 4.15. The Hall–Kier alpha value is -3.94. The molecule has 2 amide bonds. The van der Waals surface area contributed by atoms with Gasteiger partial charge < -0.3 is 15.0 Å². The number of carbonyl (C=O) groups excluding carboxylic acids is 3. The molecule has 0 aliphatic carbocycles. The Morgan fingerprint density at radius 3 is 2.35 bits per heavy atom. The van der Waals surface area contributed by atoms with E-state index in [9.17, 15) is 14.4 Å². The van der Waals surface area contributed by atoms with E-state index in [4.69, 9.17) is 4.74 Å². The van der Waals surface area contributed by atoms with Crippen LogP contribution in [0.4, 0.5) is 0 Å². The van der Waals surface area contributed by atoms with Crippen LogP contribution in [0.15, 0.2) is 66.7 Å². The largest absolute Gasteiger partial charge is 0.461 e. The molecule has 2 heterocycles. The normalized spacial score (nSPS) is 17.2. The zero-order chi connectivity index (χ0) is 24.1. The molecular weight excluding hydrogens is 432 g/mol. The number of nitrogens with one attached hydrogen (secondary N) is 1. The van der Waals surface area contributed by atoms with Crippen LogP contribution in [0.1, 0.15) is 46.0 Å². The van der Waals surface area contributed by atoms with Crippen molar-refractivity contribution in [1.82, 2.24) is 20.0 Å². The minimum atomic E-state index is -1.19. The highest BCUT2D eigenvalue weighted by Gasteiger charge is 2.48. The molecule has 0 saturated heterocycles. The van der Waals surface area contributed by atoms with Crippen molar-refractivity contribution in [3.05, 3.63) is 89.2 Å². The number of ether oxygens (including phenoxy) is 1. The number of carbonyl (C=O) groups is 3. The average molecular weight is 461 g/mol. The Labute approximate surface area is 198 Å². The van der Waals surface area contributed by atoms with Crippen molar-refractivity contribution in [2.75, 3.05) is 13.2 Å². The summed E-state index contributed by atoms with van der Waals surface area (Å²) >= 11 is 0. The number of fused-ring (bicyclic) bond motifs is 1. The van der Waals surface area contributed by atoms with Crippen molar-refractivity contribution in [1.29, 1.82) is 0 Å². The molecule has 1 aliphatic rings. The Morgan fingerprint density at radius 1 is 1.06 bits per heavy atom. The fraction of sp³-hybridized carbons (Fsp3) is 0.308. The molecule has 1 aliphatic heterocycles. The summed E-state index contributed by atoms with van der Waals surface area (Å²) < 4.78 is 6.48. The number of nitrogens with zero attached hydrogens (tertiary/aromatic N) is 3. The van der Waals surface area contributed by atoms with Crippen molar-refractivity contribution in [3.63, 3.8) is 0 Å². The van der Waals surface area contributed by atoms with Crippen molar-refractivity contribution in [2.24, 2.45) is 0 Å². The van der Waals surface area contributed by atoms with E-state index < -0.39 is 11.5 Å². The number of benzene rings is 2. The second-order valence-electron chi connectivity index (χ2n) is 8.43. The lowest BCUT2D eigenvalue weighted by Crippen LogP contribution is -2.64. The van der Waals surface area contributed by atoms with Crippen molar-refractivity contribution in [3.8, 4) is 0 Å². The first kappa shape index (κ1) is 23.2. The molecule has 1 atom stereocenters. The molecule has 1 N–H and O–H groups in total. The van der Waals surface area contributed by atoms with E-state index in [1.165, 1.54) is 10.7 Å². The number of amides is 2. The Bertz CT molecular complexity index is 1180. The molecule has 34 heavy (non-hydrogen) atoms. The Balaban J connectivity index is 1.62. The first-order valence-electron chi connectivity index (χ1n) is 11.4. The zero-order valence-electron chi connectivity index (χ0n) is 19.4. The summed E-state index contributed by atoms with van der Waals surface area (Å²) in [5.41, 5.74) is 1.16. The maximum Gasteiger partial charge on any atom is 0.358 e. The molecule has 2 aromatic carbocycles. The van der Waals surface area contributed by atoms with Crippen LogP contribution in [0.25, 0.3) is 0 Å². The highest BCUT2D eigenvalue weighted by atomic mass is 16.5. The third-order valence-corrected chi connectivity index (χ3v) is 6.03. The van der Waals surface area contributed by atoms with Gasteiger partial charge in [-0.1, -0.05) is 60.7 Å². The van der Waals surface area contributed by atoms with Gasteiger partial charge >= 0.3 is 5.97 Å². The van der Waals surface area contributed by atoms with E-state index in [2.05, 4.69) is 10.4 Å². The lowest BCUT2D eigenvalue weighted by Gasteiger charge is -2.43. The molecule has 3 aromatic rings. The number of aromatic nitrogens is 2. The summed E-state index contributed by atoms with van der Waals surface area (Å²) in [6, 6.07) is 20.8. The first-order chi connectivity index (χ1) is 16.4. The van der Waals surface area contributed by atoms with Gasteiger partial charge in [-0.15, -0.1) is 0 Å². The SMILES string of the molecule is CCOC(=O)c1cc2n(n1)C[C@@](C)(C(=O)NCc1ccccc1)N(CCc1ccccc1)C2=O. The molecule has 0 bridgehead atoms. The van der Waals surface area contributed by atoms with Crippen LogP contribution in [0.5, 0.6) is 0 Å². The summed E-state index contributed by atoms with van der Waals surface area (Å²) in [6.45, 7) is 4.47. The van der Waals surface area contributed by atoms with Crippen LogP contribution in [-0.2, 0) is 29.0 Å². The van der Waals surface area contributed by atoms with Crippen LogP contribution in [0, 0.1) is 0 Å². The monoisotopic (exact) mass is 460 g/mol. The minimum Gasteiger partial charge on any atom is -0.461 e. The highest BCUT2D eigenvalue weighted by molar-refractivity contribution is 6.01. The van der Waals surface area contributed by atoms with Gasteiger partial charge in [0.15, 0.2) is 5.69 Å². The van der Waals surface area contributed by atoms with Crippen LogP contribution in [-0.4, -0.2) is 51.2 Å². The van der Waals surface area contributed by atoms with Gasteiger partial charge in [0.1, 0.15) is 11.2 Å². The minimum absolute atomic E-state index is 0.0575. The zero-order valence-corrected chi connectivity index (χ0v) is 19.4. The Kier molecular flexibility index (Phi) is 6.77. The number of esters is 1. The average Bonchev–Trinajstić information content (AvgIpc) is 3.28. The van der Waals surface area contributed by atoms with E-state index in [0.29, 0.717) is 19.5 Å². The molecule has 4 rings (SSSR count). The molecule has 0 fully saturated rings. The van der Waals surface area contributed by atoms with Gasteiger partial charge in [-0.05, 0) is 31.4 Å². The maximum absolute atomic E-state index is 13.6. The molecule has 0 saturated carbocycles. The van der Waals surface area contributed by atoms with Crippen LogP contribution in [0.3, 0.4) is 0 Å². The van der Waals surface area contributed by atoms with Crippen molar-refractivity contribution < 1.29 is 19.1 Å². The van der Waals surface area contributed by atoms with E-state index in [1.807, 2.05) is 60.7 Å². The van der Waals surface area contributed by atoms with Gasteiger partial charge in [-0.3, -0.25) is 14.3 Å². The second-order valence-corrected chi connectivity index (χ2v) is 8.43. The third kappa shape index (κ3) is 4.71. The molecule has 0 unspecified atom stereocenters. The summed E-state index contributed by atoms with van der Waals surface area (Å²) in [5.74, 6) is -1.22. The van der Waals surface area contributed by atoms with Gasteiger partial charge in [0.25, 0.3) is 5.91 Å². The third-order valence-electron chi connectivity index (χ3n) is 6.03. The Morgan fingerprint density at radius 2 is 1.71 bits per heavy atom. The smallest absolute Gasteiger partial charge is 0.358 e. The van der Waals surface area contributed by atoms with Gasteiger partial charge in [0.05, 0.1) is 13.2 Å². The van der Waals surface area contributed by atoms with Crippen LogP contribution < -0.4 is 5.32 Å². The molecule has 0 spiro atoms. The lowest BCUT2D eigenvalue weighted by atomic mass is 9.94. The highest BCUT2D eigenvalue weighted by Crippen LogP contribution is 2.28. The maximum atomic E-state index is 13.6. The van der Waals surface area contributed by atoms with Gasteiger partial charge in [-0.25, -0.2) is 4.79 Å². The van der Waals surface area contributed by atoms with Gasteiger partial charge in [0, 0.05) is 19.2 Å². The van der Waals surface area contributed by atoms with Crippen LogP contribution >= 0.6 is 0 Å². The molecule has 8 heteroatoms. The number of hydrogen-bond acceptors (Lipinski definition) is 5. The molecular formula is C26H28N4O4. The molecule has 8 nitrogen and oxygen atoms in total. The van der Waals surface area contributed by atoms with Gasteiger partial charge in [0.2, 0.25) is 5.91 Å². The number of hydrogen-bond donors (Lipinski definition) is 1. The quantitative estimate of drug-likeness (QED) is 0.522. The van der Waals surface area contributed by atoms with E-state index >= 15 is 0 Å². The molecule has 1 aromatic heterocycles. The predicted molar refractivity (Wildman–Crippen MR) is 126 cm³/mol. The summed E-state index contributed by atoms with van der Waals surface area (Å²) in [5, 5.41) is 7.26. The second kappa shape index (κ2) is 9.91.